The lowest BCUT2D eigenvalue weighted by Gasteiger charge is -2.40. The summed E-state index contributed by atoms with van der Waals surface area (Å²) in [7, 11) is 0. The van der Waals surface area contributed by atoms with E-state index in [-0.39, 0.29) is 17.5 Å². The molecule has 5 aromatic rings. The van der Waals surface area contributed by atoms with Gasteiger partial charge in [-0.15, -0.1) is 0 Å². The average molecular weight is 585 g/mol. The molecule has 10 nitrogen and oxygen atoms in total. The Kier molecular flexibility index (Phi) is 6.58. The topological polar surface area (TPSA) is 125 Å². The van der Waals surface area contributed by atoms with Crippen LogP contribution in [-0.4, -0.2) is 44.2 Å². The van der Waals surface area contributed by atoms with Gasteiger partial charge >= 0.3 is 5.97 Å². The van der Waals surface area contributed by atoms with Crippen LogP contribution in [-0.2, 0) is 4.74 Å². The maximum atomic E-state index is 12.2. The highest BCUT2D eigenvalue weighted by Crippen LogP contribution is 2.49. The molecule has 0 radical (unpaired) electrons. The number of para-hydroxylation sites is 3. The number of rotatable bonds is 5. The van der Waals surface area contributed by atoms with Crippen LogP contribution in [0.15, 0.2) is 107 Å². The first kappa shape index (κ1) is 27.0. The molecule has 2 aliphatic heterocycles. The molecule has 0 saturated heterocycles. The summed E-state index contributed by atoms with van der Waals surface area (Å²) in [4.78, 5) is 24.5. The van der Waals surface area contributed by atoms with Crippen LogP contribution in [0.5, 0.6) is 11.5 Å². The molecule has 0 spiro atoms. The van der Waals surface area contributed by atoms with E-state index in [1.54, 1.807) is 43.3 Å². The Hall–Kier alpha value is -5.90. The normalized spacial score (nSPS) is 15.0. The number of phenols is 2. The molecule has 0 aliphatic carbocycles. The second-order valence-electron chi connectivity index (χ2n) is 10.4. The minimum absolute atomic E-state index is 0.204. The minimum atomic E-state index is -0.471. The highest BCUT2D eigenvalue weighted by atomic mass is 16.5. The number of amidine groups is 2. The summed E-state index contributed by atoms with van der Waals surface area (Å²) in [5, 5.41) is 29.1. The van der Waals surface area contributed by atoms with Crippen LogP contribution >= 0.6 is 0 Å². The fraction of sp³-hybridized carbons (Fsp3) is 0.118. The van der Waals surface area contributed by atoms with Gasteiger partial charge in [0, 0.05) is 11.3 Å². The van der Waals surface area contributed by atoms with Crippen molar-refractivity contribution in [2.45, 2.75) is 19.9 Å². The number of carbonyl (C=O) groups excluding carboxylic acids is 1. The van der Waals surface area contributed by atoms with Gasteiger partial charge in [-0.05, 0) is 80.1 Å². The van der Waals surface area contributed by atoms with E-state index in [1.807, 2.05) is 66.2 Å². The van der Waals surface area contributed by atoms with Crippen LogP contribution in [0.4, 0.5) is 22.9 Å². The Morgan fingerprint density at radius 3 is 2.41 bits per heavy atom. The molecule has 1 atom stereocenters. The number of fused-ring (bicyclic) bond motifs is 4. The maximum absolute atomic E-state index is 12.2. The van der Waals surface area contributed by atoms with E-state index in [1.165, 1.54) is 6.07 Å². The van der Waals surface area contributed by atoms with Crippen LogP contribution in [0.3, 0.4) is 0 Å². The summed E-state index contributed by atoms with van der Waals surface area (Å²) < 4.78 is 6.94. The first-order valence-corrected chi connectivity index (χ1v) is 14.2. The van der Waals surface area contributed by atoms with E-state index in [0.717, 1.165) is 33.9 Å². The number of nitrogens with zero attached hydrogens (tertiary/aromatic N) is 5. The van der Waals surface area contributed by atoms with Crippen molar-refractivity contribution in [1.82, 2.24) is 9.78 Å². The summed E-state index contributed by atoms with van der Waals surface area (Å²) in [5.74, 6) is 0.849. The molecule has 0 fully saturated rings. The number of aromatic nitrogens is 2. The highest BCUT2D eigenvalue weighted by Gasteiger charge is 2.41. The number of hydrogen-bond acceptors (Lipinski definition) is 9. The third-order valence-corrected chi connectivity index (χ3v) is 7.61. The van der Waals surface area contributed by atoms with Gasteiger partial charge in [-0.3, -0.25) is 0 Å². The third-order valence-electron chi connectivity index (χ3n) is 7.61. The van der Waals surface area contributed by atoms with Crippen molar-refractivity contribution < 1.29 is 19.7 Å². The summed E-state index contributed by atoms with van der Waals surface area (Å²) >= 11 is 0. The predicted molar refractivity (Wildman–Crippen MR) is 169 cm³/mol. The lowest BCUT2D eigenvalue weighted by Crippen LogP contribution is -2.46. The molecule has 4 aromatic carbocycles. The summed E-state index contributed by atoms with van der Waals surface area (Å²) in [6.45, 7) is 4.01. The van der Waals surface area contributed by atoms with Crippen LogP contribution in [0.25, 0.3) is 5.69 Å². The van der Waals surface area contributed by atoms with Gasteiger partial charge in [0.1, 0.15) is 0 Å². The van der Waals surface area contributed by atoms with Crippen LogP contribution in [0.1, 0.15) is 40.1 Å². The number of aliphatic imine (C=N–C) groups is 2. The fourth-order valence-corrected chi connectivity index (χ4v) is 5.61. The van der Waals surface area contributed by atoms with Gasteiger partial charge in [0.2, 0.25) is 0 Å². The zero-order valence-electron chi connectivity index (χ0n) is 24.0. The number of aromatic hydroxyl groups is 2. The summed E-state index contributed by atoms with van der Waals surface area (Å²) in [6.07, 6.45) is 0. The zero-order chi connectivity index (χ0) is 30.4. The number of benzene rings is 4. The second kappa shape index (κ2) is 10.7. The van der Waals surface area contributed by atoms with Gasteiger partial charge in [-0.25, -0.2) is 19.5 Å². The van der Waals surface area contributed by atoms with Gasteiger partial charge in [-0.2, -0.15) is 5.10 Å². The van der Waals surface area contributed by atoms with Crippen LogP contribution in [0.2, 0.25) is 0 Å². The molecule has 3 N–H and O–H groups in total. The Balaban J connectivity index is 1.42. The number of phenolic OH excluding ortho intramolecular Hbond substituents is 2. The largest absolute Gasteiger partial charge is 0.504 e. The van der Waals surface area contributed by atoms with Gasteiger partial charge in [0.25, 0.3) is 0 Å². The first-order chi connectivity index (χ1) is 21.4. The Bertz CT molecular complexity index is 1960. The van der Waals surface area contributed by atoms with Crippen molar-refractivity contribution >= 4 is 40.5 Å². The molecule has 10 heteroatoms. The minimum Gasteiger partial charge on any atom is -0.504 e. The number of nitrogens with one attached hydrogen (secondary N) is 1. The van der Waals surface area contributed by atoms with Crippen molar-refractivity contribution in [3.05, 3.63) is 119 Å². The standard InChI is InChI=1S/C34H28N6O4/c1-3-44-34(43)21-13-16-23(17-14-21)35-31-33-37-32-29(20(2)38-40(32)24-9-5-4-6-10-24)30(22-15-18-27(41)28(42)19-22)39(33)26-12-8-7-11-25(26)36-31/h4-19,30,41-42H,3H2,1-2H3,(H,35,36)/t30-/m1/s1. The Labute approximate surface area is 253 Å². The molecule has 0 bridgehead atoms. The monoisotopic (exact) mass is 584 g/mol. The lowest BCUT2D eigenvalue weighted by molar-refractivity contribution is 0.0526. The van der Waals surface area contributed by atoms with Crippen molar-refractivity contribution in [3.63, 3.8) is 0 Å². The molecule has 7 rings (SSSR count). The van der Waals surface area contributed by atoms with E-state index in [2.05, 4.69) is 10.2 Å². The molecule has 0 saturated carbocycles. The zero-order valence-corrected chi connectivity index (χ0v) is 24.0. The number of esters is 1. The average Bonchev–Trinajstić information content (AvgIpc) is 3.38. The molecule has 0 amide bonds. The van der Waals surface area contributed by atoms with E-state index in [0.29, 0.717) is 35.3 Å². The number of ether oxygens (including phenoxy) is 1. The van der Waals surface area contributed by atoms with E-state index < -0.39 is 6.04 Å². The SMILES string of the molecule is CCOC(=O)c1ccc(NC2=Nc3ccccc3N3C2=Nc2c(c(C)nn2-c2ccccc2)[C@H]3c2ccc(O)c(O)c2)cc1. The second-order valence-corrected chi connectivity index (χ2v) is 10.4. The number of anilines is 2. The molecule has 44 heavy (non-hydrogen) atoms. The third kappa shape index (κ3) is 4.53. The van der Waals surface area contributed by atoms with Gasteiger partial charge in [-0.1, -0.05) is 36.4 Å². The first-order valence-electron chi connectivity index (χ1n) is 14.2. The Morgan fingerprint density at radius 1 is 0.909 bits per heavy atom. The van der Waals surface area contributed by atoms with Crippen LogP contribution < -0.4 is 10.2 Å². The number of hydrogen-bond donors (Lipinski definition) is 3. The highest BCUT2D eigenvalue weighted by molar-refractivity contribution is 6.51. The van der Waals surface area contributed by atoms with Gasteiger partial charge < -0.3 is 25.2 Å². The summed E-state index contributed by atoms with van der Waals surface area (Å²) in [5.41, 5.74) is 5.91. The molecule has 0 unspecified atom stereocenters. The number of carbonyl (C=O) groups is 1. The quantitative estimate of drug-likeness (QED) is 0.158. The van der Waals surface area contributed by atoms with Crippen molar-refractivity contribution in [1.29, 1.82) is 0 Å². The molecule has 2 aliphatic rings. The van der Waals surface area contributed by atoms with Gasteiger partial charge in [0.15, 0.2) is 29.0 Å². The van der Waals surface area contributed by atoms with E-state index >= 15 is 0 Å². The summed E-state index contributed by atoms with van der Waals surface area (Å²) in [6, 6.07) is 28.9. The van der Waals surface area contributed by atoms with E-state index in [4.69, 9.17) is 19.8 Å². The molecule has 1 aromatic heterocycles. The smallest absolute Gasteiger partial charge is 0.338 e. The van der Waals surface area contributed by atoms with Crippen molar-refractivity contribution in [2.75, 3.05) is 16.8 Å². The molecule has 3 heterocycles. The number of aryl methyl sites for hydroxylation is 1. The van der Waals surface area contributed by atoms with Crippen molar-refractivity contribution in [2.24, 2.45) is 9.98 Å². The molecular weight excluding hydrogens is 556 g/mol. The van der Waals surface area contributed by atoms with E-state index in [9.17, 15) is 15.0 Å². The Morgan fingerprint density at radius 2 is 1.66 bits per heavy atom. The van der Waals surface area contributed by atoms with Gasteiger partial charge in [0.05, 0.1) is 41.0 Å². The lowest BCUT2D eigenvalue weighted by atomic mass is 9.93. The maximum Gasteiger partial charge on any atom is 0.338 e. The van der Waals surface area contributed by atoms with Crippen molar-refractivity contribution in [3.8, 4) is 17.2 Å². The predicted octanol–water partition coefficient (Wildman–Crippen LogP) is 6.56. The fourth-order valence-electron chi connectivity index (χ4n) is 5.61. The van der Waals surface area contributed by atoms with Crippen LogP contribution in [0, 0.1) is 6.92 Å². The molecule has 218 valence electrons. The molecular formula is C34H28N6O4.